The highest BCUT2D eigenvalue weighted by molar-refractivity contribution is 5.87. The van der Waals surface area contributed by atoms with Gasteiger partial charge in [-0.05, 0) is 23.8 Å². The second-order valence-corrected chi connectivity index (χ2v) is 9.44. The van der Waals surface area contributed by atoms with Gasteiger partial charge in [-0.1, -0.05) is 19.1 Å². The Kier molecular flexibility index (Phi) is 7.99. The SMILES string of the molecule is C[C@@H]1[C@H]2[C@H](O[C@@H]3O[C@H](CO)[C@@H](O)[C@H](O)[C@H]3O)OC=C(C=O)[C@@]2(O)C[C@@H]1OC(=O)C=Cc1ccc(O)cc1. The zero-order valence-corrected chi connectivity index (χ0v) is 19.9. The number of hydrogen-bond acceptors (Lipinski definition) is 12. The van der Waals surface area contributed by atoms with E-state index in [0.717, 1.165) is 6.26 Å². The molecule has 1 aromatic carbocycles. The molecule has 0 aromatic heterocycles. The van der Waals surface area contributed by atoms with Crippen LogP contribution in [0.1, 0.15) is 18.9 Å². The standard InChI is InChI=1S/C25H30O12/c1-12-16(35-18(29)7-4-13-2-5-15(28)6-3-13)8-25(33)14(9-26)11-34-23(19(12)25)37-24-22(32)21(31)20(30)17(10-27)36-24/h2-7,9,11-12,16-17,19-24,27-28,30-33H,8,10H2,1H3/t12-,16-,17+,19-,20+,21-,22+,23-,24-,25-/m0/s1. The summed E-state index contributed by atoms with van der Waals surface area (Å²) in [6.07, 6.45) is -5.91. The lowest BCUT2D eigenvalue weighted by Gasteiger charge is -2.44. The van der Waals surface area contributed by atoms with Crippen molar-refractivity contribution in [3.05, 3.63) is 47.7 Å². The summed E-state index contributed by atoms with van der Waals surface area (Å²) in [5, 5.41) is 60.7. The Labute approximate surface area is 212 Å². The fraction of sp³-hybridized carbons (Fsp3) is 0.520. The molecule has 202 valence electrons. The summed E-state index contributed by atoms with van der Waals surface area (Å²) in [6.45, 7) is 1.01. The number of phenols is 1. The molecule has 4 rings (SSSR count). The third kappa shape index (κ3) is 5.27. The summed E-state index contributed by atoms with van der Waals surface area (Å²) < 4.78 is 22.2. The first-order valence-electron chi connectivity index (χ1n) is 11.8. The highest BCUT2D eigenvalue weighted by Crippen LogP contribution is 2.50. The molecule has 0 amide bonds. The molecule has 1 saturated carbocycles. The highest BCUT2D eigenvalue weighted by Gasteiger charge is 2.61. The molecule has 2 aliphatic heterocycles. The summed E-state index contributed by atoms with van der Waals surface area (Å²) in [4.78, 5) is 24.2. The first-order valence-corrected chi connectivity index (χ1v) is 11.8. The Bertz CT molecular complexity index is 1040. The lowest BCUT2D eigenvalue weighted by atomic mass is 9.79. The van der Waals surface area contributed by atoms with Gasteiger partial charge in [0.2, 0.25) is 6.29 Å². The minimum Gasteiger partial charge on any atom is -0.508 e. The monoisotopic (exact) mass is 522 g/mol. The smallest absolute Gasteiger partial charge is 0.331 e. The number of rotatable bonds is 7. The van der Waals surface area contributed by atoms with Crippen molar-refractivity contribution in [2.45, 2.75) is 62.0 Å². The van der Waals surface area contributed by atoms with Crippen molar-refractivity contribution in [1.82, 2.24) is 0 Å². The van der Waals surface area contributed by atoms with Crippen molar-refractivity contribution in [3.8, 4) is 5.75 Å². The van der Waals surface area contributed by atoms with E-state index in [9.17, 15) is 40.2 Å². The summed E-state index contributed by atoms with van der Waals surface area (Å²) >= 11 is 0. The van der Waals surface area contributed by atoms with E-state index < -0.39 is 73.1 Å². The number of benzene rings is 1. The van der Waals surface area contributed by atoms with Gasteiger partial charge in [-0.3, -0.25) is 4.79 Å². The third-order valence-corrected chi connectivity index (χ3v) is 7.16. The van der Waals surface area contributed by atoms with Crippen LogP contribution in [-0.2, 0) is 28.5 Å². The minimum atomic E-state index is -1.80. The molecule has 0 spiro atoms. The Balaban J connectivity index is 1.50. The summed E-state index contributed by atoms with van der Waals surface area (Å²) in [5.74, 6) is -2.17. The van der Waals surface area contributed by atoms with Crippen molar-refractivity contribution in [2.24, 2.45) is 11.8 Å². The van der Waals surface area contributed by atoms with E-state index in [1.165, 1.54) is 24.3 Å². The number of hydrogen-bond donors (Lipinski definition) is 6. The van der Waals surface area contributed by atoms with Crippen molar-refractivity contribution < 1.29 is 59.2 Å². The average molecular weight is 523 g/mol. The van der Waals surface area contributed by atoms with Gasteiger partial charge in [0, 0.05) is 18.4 Å². The lowest BCUT2D eigenvalue weighted by molar-refractivity contribution is -0.346. The Morgan fingerprint density at radius 2 is 1.84 bits per heavy atom. The van der Waals surface area contributed by atoms with E-state index in [1.54, 1.807) is 19.1 Å². The zero-order valence-electron chi connectivity index (χ0n) is 19.9. The van der Waals surface area contributed by atoms with Crippen LogP contribution in [0, 0.1) is 11.8 Å². The second-order valence-electron chi connectivity index (χ2n) is 9.44. The number of esters is 1. The highest BCUT2D eigenvalue weighted by atomic mass is 16.8. The van der Waals surface area contributed by atoms with Gasteiger partial charge in [0.15, 0.2) is 12.6 Å². The number of carbonyl (C=O) groups excluding carboxylic acids is 2. The van der Waals surface area contributed by atoms with Gasteiger partial charge in [0.1, 0.15) is 41.9 Å². The molecule has 1 aliphatic carbocycles. The number of aliphatic hydroxyl groups is 5. The van der Waals surface area contributed by atoms with Crippen LogP contribution in [-0.4, -0.2) is 98.2 Å². The molecular weight excluding hydrogens is 492 g/mol. The number of carbonyl (C=O) groups is 2. The van der Waals surface area contributed by atoms with Crippen LogP contribution >= 0.6 is 0 Å². The van der Waals surface area contributed by atoms with E-state index in [0.29, 0.717) is 11.8 Å². The van der Waals surface area contributed by atoms with E-state index in [-0.39, 0.29) is 17.7 Å². The maximum Gasteiger partial charge on any atom is 0.331 e. The van der Waals surface area contributed by atoms with Crippen LogP contribution in [0.3, 0.4) is 0 Å². The summed E-state index contributed by atoms with van der Waals surface area (Å²) in [5.41, 5.74) is -1.24. The maximum atomic E-state index is 12.5. The topological polar surface area (TPSA) is 192 Å². The number of aliphatic hydroxyl groups excluding tert-OH is 4. The van der Waals surface area contributed by atoms with E-state index in [4.69, 9.17) is 18.9 Å². The van der Waals surface area contributed by atoms with Gasteiger partial charge >= 0.3 is 5.97 Å². The normalized spacial score (nSPS) is 39.5. The van der Waals surface area contributed by atoms with Crippen LogP contribution in [0.25, 0.3) is 6.08 Å². The molecule has 37 heavy (non-hydrogen) atoms. The molecule has 0 radical (unpaired) electrons. The van der Waals surface area contributed by atoms with Gasteiger partial charge in [-0.25, -0.2) is 4.79 Å². The lowest BCUT2D eigenvalue weighted by Crippen LogP contribution is -2.61. The predicted octanol–water partition coefficient (Wildman–Crippen LogP) is -1.04. The second kappa shape index (κ2) is 10.9. The molecule has 10 atom stereocenters. The van der Waals surface area contributed by atoms with Gasteiger partial charge in [-0.2, -0.15) is 0 Å². The summed E-state index contributed by atoms with van der Waals surface area (Å²) in [7, 11) is 0. The van der Waals surface area contributed by atoms with Crippen molar-refractivity contribution >= 4 is 18.3 Å². The number of fused-ring (bicyclic) bond motifs is 1. The molecule has 2 heterocycles. The first-order chi connectivity index (χ1) is 17.6. The number of aldehydes is 1. The van der Waals surface area contributed by atoms with Crippen molar-refractivity contribution in [2.75, 3.05) is 6.61 Å². The molecule has 1 saturated heterocycles. The van der Waals surface area contributed by atoms with Gasteiger partial charge in [0.25, 0.3) is 0 Å². The van der Waals surface area contributed by atoms with Crippen LogP contribution < -0.4 is 0 Å². The molecule has 1 aromatic rings. The van der Waals surface area contributed by atoms with Crippen molar-refractivity contribution in [1.29, 1.82) is 0 Å². The molecule has 2 fully saturated rings. The molecule has 3 aliphatic rings. The Morgan fingerprint density at radius 1 is 1.14 bits per heavy atom. The molecule has 0 bridgehead atoms. The Morgan fingerprint density at radius 3 is 2.49 bits per heavy atom. The first kappa shape index (κ1) is 27.2. The minimum absolute atomic E-state index is 0.0806. The number of phenolic OH excluding ortho intramolecular Hbond substituents is 1. The number of ether oxygens (including phenoxy) is 4. The zero-order chi connectivity index (χ0) is 26.9. The predicted molar refractivity (Wildman–Crippen MR) is 123 cm³/mol. The van der Waals surface area contributed by atoms with E-state index in [2.05, 4.69) is 0 Å². The third-order valence-electron chi connectivity index (χ3n) is 7.16. The number of aromatic hydroxyl groups is 1. The van der Waals surface area contributed by atoms with Crippen LogP contribution in [0.4, 0.5) is 0 Å². The van der Waals surface area contributed by atoms with Gasteiger partial charge in [-0.15, -0.1) is 0 Å². The van der Waals surface area contributed by atoms with E-state index >= 15 is 0 Å². The van der Waals surface area contributed by atoms with E-state index in [1.807, 2.05) is 0 Å². The van der Waals surface area contributed by atoms with Gasteiger partial charge < -0.3 is 49.6 Å². The van der Waals surface area contributed by atoms with Crippen LogP contribution in [0.15, 0.2) is 42.2 Å². The van der Waals surface area contributed by atoms with Gasteiger partial charge in [0.05, 0.1) is 24.4 Å². The fourth-order valence-electron chi connectivity index (χ4n) is 5.05. The molecule has 12 heteroatoms. The molecule has 0 unspecified atom stereocenters. The fourth-order valence-corrected chi connectivity index (χ4v) is 5.05. The van der Waals surface area contributed by atoms with Crippen molar-refractivity contribution in [3.63, 3.8) is 0 Å². The van der Waals surface area contributed by atoms with Crippen LogP contribution in [0.5, 0.6) is 5.75 Å². The average Bonchev–Trinajstić information content (AvgIpc) is 3.14. The molecule has 6 N–H and O–H groups in total. The van der Waals surface area contributed by atoms with Crippen LogP contribution in [0.2, 0.25) is 0 Å². The molecular formula is C25H30O12. The molecule has 12 nitrogen and oxygen atoms in total. The summed E-state index contributed by atoms with van der Waals surface area (Å²) in [6, 6.07) is 6.14. The quantitative estimate of drug-likeness (QED) is 0.145. The Hall–Kier alpha value is -2.84. The largest absolute Gasteiger partial charge is 0.508 e. The maximum absolute atomic E-state index is 12.5.